The van der Waals surface area contributed by atoms with Gasteiger partial charge in [-0.15, -0.1) is 0 Å². The first-order valence-corrected chi connectivity index (χ1v) is 5.15. The Kier molecular flexibility index (Phi) is 3.06. The third-order valence-electron chi connectivity index (χ3n) is 2.58. The van der Waals surface area contributed by atoms with Gasteiger partial charge in [0.05, 0.1) is 12.5 Å². The molecule has 82 valence electrons. The molecule has 0 saturated carbocycles. The zero-order valence-electron chi connectivity index (χ0n) is 8.81. The highest BCUT2D eigenvalue weighted by Crippen LogP contribution is 2.15. The van der Waals surface area contributed by atoms with Gasteiger partial charge in [0.25, 0.3) is 5.91 Å². The molecule has 0 radical (unpaired) electrons. The number of furan rings is 1. The Balaban J connectivity index is 1.89. The smallest absolute Gasteiger partial charge is 0.251 e. The number of likely N-dealkylation sites (N-methyl/N-ethyl adjacent to an activating group) is 1. The lowest BCUT2D eigenvalue weighted by atomic mass is 10.2. The maximum absolute atomic E-state index is 11.8. The summed E-state index contributed by atoms with van der Waals surface area (Å²) >= 11 is 0. The van der Waals surface area contributed by atoms with Gasteiger partial charge in [-0.25, -0.2) is 0 Å². The molecule has 2 rings (SSSR count). The van der Waals surface area contributed by atoms with E-state index in [1.807, 2.05) is 6.07 Å². The molecule has 1 unspecified atom stereocenters. The van der Waals surface area contributed by atoms with Crippen LogP contribution in [0, 0.1) is 0 Å². The molecule has 0 aliphatic carbocycles. The second-order valence-electron chi connectivity index (χ2n) is 3.83. The van der Waals surface area contributed by atoms with Gasteiger partial charge in [0.2, 0.25) is 0 Å². The molecule has 0 aromatic carbocycles. The van der Waals surface area contributed by atoms with Crippen molar-refractivity contribution in [3.8, 4) is 0 Å². The summed E-state index contributed by atoms with van der Waals surface area (Å²) in [6.07, 6.45) is 4.85. The molecule has 15 heavy (non-hydrogen) atoms. The Labute approximate surface area is 88.8 Å². The van der Waals surface area contributed by atoms with Gasteiger partial charge in [-0.3, -0.25) is 4.79 Å². The lowest BCUT2D eigenvalue weighted by molar-refractivity contribution is -0.140. The number of hydrogen-bond donors (Lipinski definition) is 0. The first kappa shape index (κ1) is 10.2. The predicted molar refractivity (Wildman–Crippen MR) is 54.2 cm³/mol. The quantitative estimate of drug-likeness (QED) is 0.756. The van der Waals surface area contributed by atoms with Crippen LogP contribution in [0.25, 0.3) is 0 Å². The first-order chi connectivity index (χ1) is 7.27. The van der Waals surface area contributed by atoms with E-state index in [2.05, 4.69) is 0 Å². The van der Waals surface area contributed by atoms with Crippen molar-refractivity contribution < 1.29 is 13.9 Å². The maximum Gasteiger partial charge on any atom is 0.251 e. The lowest BCUT2D eigenvalue weighted by Gasteiger charge is -2.19. The van der Waals surface area contributed by atoms with Crippen LogP contribution in [0.3, 0.4) is 0 Å². The minimum absolute atomic E-state index is 0.0636. The monoisotopic (exact) mass is 209 g/mol. The number of ether oxygens (including phenoxy) is 1. The summed E-state index contributed by atoms with van der Waals surface area (Å²) in [6.45, 7) is 1.28. The normalized spacial score (nSPS) is 20.5. The highest BCUT2D eigenvalue weighted by Gasteiger charge is 2.26. The molecular formula is C11H15NO3. The van der Waals surface area contributed by atoms with E-state index in [-0.39, 0.29) is 12.0 Å². The van der Waals surface area contributed by atoms with Crippen LogP contribution in [0.5, 0.6) is 0 Å². The average Bonchev–Trinajstić information content (AvgIpc) is 2.88. The molecule has 1 fully saturated rings. The minimum atomic E-state index is -0.234. The van der Waals surface area contributed by atoms with E-state index in [9.17, 15) is 4.79 Å². The molecule has 0 N–H and O–H groups in total. The molecule has 2 heterocycles. The zero-order valence-corrected chi connectivity index (χ0v) is 8.81. The SMILES string of the molecule is CN(Cc1ccoc1)C(=O)C1CCCO1. The van der Waals surface area contributed by atoms with Crippen molar-refractivity contribution in [2.24, 2.45) is 0 Å². The summed E-state index contributed by atoms with van der Waals surface area (Å²) in [7, 11) is 1.79. The Morgan fingerprint density at radius 3 is 3.13 bits per heavy atom. The summed E-state index contributed by atoms with van der Waals surface area (Å²) in [5.74, 6) is 0.0636. The van der Waals surface area contributed by atoms with Gasteiger partial charge >= 0.3 is 0 Å². The summed E-state index contributed by atoms with van der Waals surface area (Å²) < 4.78 is 10.3. The van der Waals surface area contributed by atoms with E-state index < -0.39 is 0 Å². The van der Waals surface area contributed by atoms with Crippen LogP contribution < -0.4 is 0 Å². The van der Waals surface area contributed by atoms with Crippen LogP contribution in [-0.4, -0.2) is 30.6 Å². The number of carbonyl (C=O) groups is 1. The van der Waals surface area contributed by atoms with E-state index in [0.29, 0.717) is 13.2 Å². The van der Waals surface area contributed by atoms with Crippen LogP contribution in [-0.2, 0) is 16.1 Å². The fourth-order valence-electron chi connectivity index (χ4n) is 1.75. The van der Waals surface area contributed by atoms with E-state index in [1.54, 1.807) is 24.5 Å². The van der Waals surface area contributed by atoms with Crippen molar-refractivity contribution >= 4 is 5.91 Å². The Hall–Kier alpha value is -1.29. The second kappa shape index (κ2) is 4.49. The molecule has 1 amide bonds. The predicted octanol–water partition coefficient (Wildman–Crippen LogP) is 1.42. The molecular weight excluding hydrogens is 194 g/mol. The topological polar surface area (TPSA) is 42.7 Å². The second-order valence-corrected chi connectivity index (χ2v) is 3.83. The molecule has 4 nitrogen and oxygen atoms in total. The summed E-state index contributed by atoms with van der Waals surface area (Å²) in [5, 5.41) is 0. The fourth-order valence-corrected chi connectivity index (χ4v) is 1.75. The molecule has 1 aromatic heterocycles. The van der Waals surface area contributed by atoms with Crippen molar-refractivity contribution in [3.63, 3.8) is 0 Å². The van der Waals surface area contributed by atoms with Gasteiger partial charge in [0, 0.05) is 25.8 Å². The van der Waals surface area contributed by atoms with Crippen molar-refractivity contribution in [2.45, 2.75) is 25.5 Å². The Morgan fingerprint density at radius 1 is 1.67 bits per heavy atom. The molecule has 1 aromatic rings. The maximum atomic E-state index is 11.8. The van der Waals surface area contributed by atoms with Gasteiger partial charge in [-0.1, -0.05) is 0 Å². The molecule has 4 heteroatoms. The van der Waals surface area contributed by atoms with Crippen LogP contribution in [0.2, 0.25) is 0 Å². The minimum Gasteiger partial charge on any atom is -0.472 e. The molecule has 1 aliphatic heterocycles. The van der Waals surface area contributed by atoms with Crippen LogP contribution >= 0.6 is 0 Å². The Bertz CT molecular complexity index is 315. The third kappa shape index (κ3) is 2.39. The number of nitrogens with zero attached hydrogens (tertiary/aromatic N) is 1. The van der Waals surface area contributed by atoms with E-state index >= 15 is 0 Å². The number of hydrogen-bond acceptors (Lipinski definition) is 3. The zero-order chi connectivity index (χ0) is 10.7. The molecule has 1 atom stereocenters. The highest BCUT2D eigenvalue weighted by molar-refractivity contribution is 5.80. The van der Waals surface area contributed by atoms with Crippen molar-refractivity contribution in [1.82, 2.24) is 4.90 Å². The number of amides is 1. The molecule has 0 bridgehead atoms. The van der Waals surface area contributed by atoms with Crippen LogP contribution in [0.4, 0.5) is 0 Å². The van der Waals surface area contributed by atoms with Gasteiger partial charge in [-0.2, -0.15) is 0 Å². The lowest BCUT2D eigenvalue weighted by Crippen LogP contribution is -2.35. The van der Waals surface area contributed by atoms with Gasteiger partial charge < -0.3 is 14.1 Å². The van der Waals surface area contributed by atoms with E-state index in [1.165, 1.54) is 0 Å². The van der Waals surface area contributed by atoms with Crippen LogP contribution in [0.15, 0.2) is 23.0 Å². The molecule has 1 aliphatic rings. The van der Waals surface area contributed by atoms with Gasteiger partial charge in [0.15, 0.2) is 0 Å². The number of carbonyl (C=O) groups excluding carboxylic acids is 1. The largest absolute Gasteiger partial charge is 0.472 e. The number of rotatable bonds is 3. The molecule has 0 spiro atoms. The first-order valence-electron chi connectivity index (χ1n) is 5.15. The van der Waals surface area contributed by atoms with Crippen molar-refractivity contribution in [3.05, 3.63) is 24.2 Å². The van der Waals surface area contributed by atoms with E-state index in [4.69, 9.17) is 9.15 Å². The highest BCUT2D eigenvalue weighted by atomic mass is 16.5. The molecule has 1 saturated heterocycles. The summed E-state index contributed by atoms with van der Waals surface area (Å²) in [4.78, 5) is 13.5. The van der Waals surface area contributed by atoms with Gasteiger partial charge in [-0.05, 0) is 18.9 Å². The van der Waals surface area contributed by atoms with E-state index in [0.717, 1.165) is 18.4 Å². The van der Waals surface area contributed by atoms with Crippen molar-refractivity contribution in [1.29, 1.82) is 0 Å². The fraction of sp³-hybridized carbons (Fsp3) is 0.545. The summed E-state index contributed by atoms with van der Waals surface area (Å²) in [6, 6.07) is 1.86. The third-order valence-corrected chi connectivity index (χ3v) is 2.58. The average molecular weight is 209 g/mol. The Morgan fingerprint density at radius 2 is 2.53 bits per heavy atom. The standard InChI is InChI=1S/C11H15NO3/c1-12(7-9-4-6-14-8-9)11(13)10-3-2-5-15-10/h4,6,8,10H,2-3,5,7H2,1H3. The van der Waals surface area contributed by atoms with Crippen LogP contribution in [0.1, 0.15) is 18.4 Å². The summed E-state index contributed by atoms with van der Waals surface area (Å²) in [5.41, 5.74) is 1.00. The van der Waals surface area contributed by atoms with Crippen molar-refractivity contribution in [2.75, 3.05) is 13.7 Å². The van der Waals surface area contributed by atoms with Gasteiger partial charge in [0.1, 0.15) is 6.10 Å².